The van der Waals surface area contributed by atoms with Gasteiger partial charge in [0, 0.05) is 36.9 Å². The first kappa shape index (κ1) is 23.0. The van der Waals surface area contributed by atoms with E-state index in [9.17, 15) is 0 Å². The number of morpholine rings is 1. The summed E-state index contributed by atoms with van der Waals surface area (Å²) in [5.41, 5.74) is 3.94. The molecule has 5 rings (SSSR count). The first-order valence-electron chi connectivity index (χ1n) is 12.0. The molecule has 2 aromatic carbocycles. The van der Waals surface area contributed by atoms with Crippen molar-refractivity contribution in [2.45, 2.75) is 13.3 Å². The Balaban J connectivity index is 1.14. The third-order valence-corrected chi connectivity index (χ3v) is 5.87. The van der Waals surface area contributed by atoms with Crippen LogP contribution in [0, 0.1) is 6.92 Å². The van der Waals surface area contributed by atoms with Crippen LogP contribution in [0.3, 0.4) is 0 Å². The van der Waals surface area contributed by atoms with E-state index in [2.05, 4.69) is 61.7 Å². The topological polar surface area (TPSA) is 84.4 Å². The summed E-state index contributed by atoms with van der Waals surface area (Å²) in [6.45, 7) is 7.49. The van der Waals surface area contributed by atoms with Gasteiger partial charge >= 0.3 is 0 Å². The summed E-state index contributed by atoms with van der Waals surface area (Å²) < 4.78 is 11.3. The fourth-order valence-electron chi connectivity index (χ4n) is 4.00. The summed E-state index contributed by atoms with van der Waals surface area (Å²) in [7, 11) is 0. The molecule has 0 spiro atoms. The molecule has 1 aliphatic rings. The average molecular weight is 471 g/mol. The van der Waals surface area contributed by atoms with Crippen LogP contribution in [0.5, 0.6) is 5.75 Å². The maximum atomic E-state index is 5.89. The van der Waals surface area contributed by atoms with E-state index in [0.717, 1.165) is 67.3 Å². The van der Waals surface area contributed by atoms with Gasteiger partial charge in [0.1, 0.15) is 11.6 Å². The second-order valence-corrected chi connectivity index (χ2v) is 8.62. The molecule has 35 heavy (non-hydrogen) atoms. The largest absolute Gasteiger partial charge is 0.494 e. The van der Waals surface area contributed by atoms with Gasteiger partial charge in [-0.15, -0.1) is 0 Å². The zero-order valence-corrected chi connectivity index (χ0v) is 19.9. The number of aryl methyl sites for hydroxylation is 1. The van der Waals surface area contributed by atoms with Crippen LogP contribution in [-0.4, -0.2) is 59.3 Å². The summed E-state index contributed by atoms with van der Waals surface area (Å²) in [6.07, 6.45) is 4.54. The highest BCUT2D eigenvalue weighted by Gasteiger charge is 2.09. The van der Waals surface area contributed by atoms with Crippen LogP contribution < -0.4 is 15.4 Å². The number of aromatic nitrogens is 3. The Morgan fingerprint density at radius 2 is 1.80 bits per heavy atom. The standard InChI is InChI=1S/C27H30N6O2/c1-20-3-4-21-18-23(19-29-25(21)17-20)30-26-9-10-28-27(32-26)31-22-5-7-24(8-6-22)35-14-2-11-33-12-15-34-16-13-33/h3-10,17-19H,2,11-16H2,1H3,(H2,28,30,31,32). The smallest absolute Gasteiger partial charge is 0.229 e. The highest BCUT2D eigenvalue weighted by molar-refractivity contribution is 5.83. The van der Waals surface area contributed by atoms with E-state index in [0.29, 0.717) is 18.4 Å². The fourth-order valence-corrected chi connectivity index (χ4v) is 4.00. The molecular weight excluding hydrogens is 440 g/mol. The minimum atomic E-state index is 0.513. The zero-order chi connectivity index (χ0) is 23.9. The molecule has 0 bridgehead atoms. The second-order valence-electron chi connectivity index (χ2n) is 8.62. The molecule has 0 atom stereocenters. The van der Waals surface area contributed by atoms with Gasteiger partial charge in [0.05, 0.1) is 37.2 Å². The van der Waals surface area contributed by atoms with E-state index in [1.54, 1.807) is 6.20 Å². The molecule has 0 unspecified atom stereocenters. The summed E-state index contributed by atoms with van der Waals surface area (Å²) in [5.74, 6) is 2.06. The Morgan fingerprint density at radius 1 is 0.943 bits per heavy atom. The Hall–Kier alpha value is -3.75. The van der Waals surface area contributed by atoms with Crippen LogP contribution >= 0.6 is 0 Å². The summed E-state index contributed by atoms with van der Waals surface area (Å²) >= 11 is 0. The van der Waals surface area contributed by atoms with Gasteiger partial charge < -0.3 is 20.1 Å². The molecule has 8 nitrogen and oxygen atoms in total. The van der Waals surface area contributed by atoms with Crippen molar-refractivity contribution in [2.24, 2.45) is 0 Å². The molecule has 1 fully saturated rings. The number of hydrogen-bond donors (Lipinski definition) is 2. The van der Waals surface area contributed by atoms with Gasteiger partial charge in [-0.25, -0.2) is 4.98 Å². The first-order valence-corrected chi connectivity index (χ1v) is 12.0. The van der Waals surface area contributed by atoms with Crippen LogP contribution in [0.4, 0.5) is 23.1 Å². The number of nitrogens with zero attached hydrogens (tertiary/aromatic N) is 4. The molecule has 0 radical (unpaired) electrons. The van der Waals surface area contributed by atoms with Crippen molar-refractivity contribution >= 4 is 34.0 Å². The molecule has 1 aliphatic heterocycles. The maximum absolute atomic E-state index is 5.89. The minimum Gasteiger partial charge on any atom is -0.494 e. The predicted octanol–water partition coefficient (Wildman–Crippen LogP) is 4.92. The summed E-state index contributed by atoms with van der Waals surface area (Å²) in [6, 6.07) is 18.0. The normalized spacial score (nSPS) is 14.1. The van der Waals surface area contributed by atoms with Crippen molar-refractivity contribution in [3.8, 4) is 5.75 Å². The maximum Gasteiger partial charge on any atom is 0.229 e. The van der Waals surface area contributed by atoms with Gasteiger partial charge in [0.2, 0.25) is 5.95 Å². The zero-order valence-electron chi connectivity index (χ0n) is 19.9. The quantitative estimate of drug-likeness (QED) is 0.334. The van der Waals surface area contributed by atoms with Crippen molar-refractivity contribution in [2.75, 3.05) is 50.1 Å². The molecule has 1 saturated heterocycles. The van der Waals surface area contributed by atoms with Crippen LogP contribution in [0.15, 0.2) is 67.0 Å². The number of ether oxygens (including phenoxy) is 2. The second kappa shape index (κ2) is 11.1. The van der Waals surface area contributed by atoms with Crippen LogP contribution in [-0.2, 0) is 4.74 Å². The predicted molar refractivity (Wildman–Crippen MR) is 139 cm³/mol. The van der Waals surface area contributed by atoms with E-state index >= 15 is 0 Å². The number of fused-ring (bicyclic) bond motifs is 1. The molecule has 0 aliphatic carbocycles. The van der Waals surface area contributed by atoms with E-state index in [1.165, 1.54) is 5.56 Å². The lowest BCUT2D eigenvalue weighted by atomic mass is 10.1. The molecule has 0 amide bonds. The van der Waals surface area contributed by atoms with E-state index in [4.69, 9.17) is 9.47 Å². The van der Waals surface area contributed by atoms with Gasteiger partial charge in [0.25, 0.3) is 0 Å². The number of nitrogens with one attached hydrogen (secondary N) is 2. The van der Waals surface area contributed by atoms with Gasteiger partial charge in [-0.1, -0.05) is 12.1 Å². The molecule has 0 saturated carbocycles. The molecule has 180 valence electrons. The SMILES string of the molecule is Cc1ccc2cc(Nc3ccnc(Nc4ccc(OCCCN5CCOCC5)cc4)n3)cnc2c1. The molecule has 2 aromatic heterocycles. The Morgan fingerprint density at radius 3 is 2.66 bits per heavy atom. The monoisotopic (exact) mass is 470 g/mol. The number of hydrogen-bond acceptors (Lipinski definition) is 8. The molecule has 2 N–H and O–H groups in total. The van der Waals surface area contributed by atoms with Crippen molar-refractivity contribution in [1.82, 2.24) is 19.9 Å². The van der Waals surface area contributed by atoms with E-state index < -0.39 is 0 Å². The van der Waals surface area contributed by atoms with E-state index in [-0.39, 0.29) is 0 Å². The molecule has 3 heterocycles. The van der Waals surface area contributed by atoms with Crippen LogP contribution in [0.2, 0.25) is 0 Å². The number of benzene rings is 2. The fraction of sp³-hybridized carbons (Fsp3) is 0.296. The highest BCUT2D eigenvalue weighted by atomic mass is 16.5. The minimum absolute atomic E-state index is 0.513. The van der Waals surface area contributed by atoms with Crippen LogP contribution in [0.1, 0.15) is 12.0 Å². The van der Waals surface area contributed by atoms with Crippen molar-refractivity contribution in [1.29, 1.82) is 0 Å². The first-order chi connectivity index (χ1) is 17.2. The lowest BCUT2D eigenvalue weighted by molar-refractivity contribution is 0.0358. The summed E-state index contributed by atoms with van der Waals surface area (Å²) in [5, 5.41) is 7.65. The van der Waals surface area contributed by atoms with Gasteiger partial charge in [0.15, 0.2) is 0 Å². The van der Waals surface area contributed by atoms with Crippen molar-refractivity contribution in [3.63, 3.8) is 0 Å². The van der Waals surface area contributed by atoms with Crippen molar-refractivity contribution in [3.05, 3.63) is 72.6 Å². The molecular formula is C27H30N6O2. The average Bonchev–Trinajstić information content (AvgIpc) is 2.88. The number of anilines is 4. The van der Waals surface area contributed by atoms with Gasteiger partial charge in [-0.3, -0.25) is 9.88 Å². The Kier molecular flexibility index (Phi) is 7.31. The number of rotatable bonds is 9. The molecule has 8 heteroatoms. The third kappa shape index (κ3) is 6.44. The lowest BCUT2D eigenvalue weighted by Gasteiger charge is -2.26. The Labute approximate surface area is 205 Å². The summed E-state index contributed by atoms with van der Waals surface area (Å²) in [4.78, 5) is 15.9. The van der Waals surface area contributed by atoms with Gasteiger partial charge in [-0.2, -0.15) is 4.98 Å². The molecule has 4 aromatic rings. The Bertz CT molecular complexity index is 1260. The third-order valence-electron chi connectivity index (χ3n) is 5.87. The van der Waals surface area contributed by atoms with Gasteiger partial charge in [-0.05, 0) is 61.4 Å². The number of pyridine rings is 1. The van der Waals surface area contributed by atoms with Crippen LogP contribution in [0.25, 0.3) is 10.9 Å². The van der Waals surface area contributed by atoms with E-state index in [1.807, 2.05) is 36.5 Å². The lowest BCUT2D eigenvalue weighted by Crippen LogP contribution is -2.37. The highest BCUT2D eigenvalue weighted by Crippen LogP contribution is 2.22. The van der Waals surface area contributed by atoms with Crippen molar-refractivity contribution < 1.29 is 9.47 Å².